The molecule has 0 fully saturated rings. The highest BCUT2D eigenvalue weighted by Gasteiger charge is 2.30. The highest BCUT2D eigenvalue weighted by molar-refractivity contribution is 5.85. The molecule has 2 rings (SSSR count). The molecule has 1 aliphatic heterocycles. The first-order valence-electron chi connectivity index (χ1n) is 6.85. The number of hydrogen-bond donors (Lipinski definition) is 1. The van der Waals surface area contributed by atoms with E-state index in [1.807, 2.05) is 31.2 Å². The first-order chi connectivity index (χ1) is 9.63. The average molecular weight is 277 g/mol. The van der Waals surface area contributed by atoms with Gasteiger partial charge in [-0.2, -0.15) is 0 Å². The molecule has 1 aromatic carbocycles. The van der Waals surface area contributed by atoms with Gasteiger partial charge >= 0.3 is 5.97 Å². The Kier molecular flexibility index (Phi) is 4.61. The molecule has 0 saturated heterocycles. The molecule has 0 spiro atoms. The van der Waals surface area contributed by atoms with Crippen LogP contribution in [0.2, 0.25) is 0 Å². The fourth-order valence-corrected chi connectivity index (χ4v) is 2.47. The monoisotopic (exact) mass is 277 g/mol. The number of rotatable bonds is 5. The molecular weight excluding hydrogens is 258 g/mol. The molecule has 1 heterocycles. The van der Waals surface area contributed by atoms with Crippen LogP contribution in [0.3, 0.4) is 0 Å². The Balaban J connectivity index is 2.14. The third kappa shape index (κ3) is 3.10. The molecule has 1 atom stereocenters. The zero-order valence-electron chi connectivity index (χ0n) is 11.5. The summed E-state index contributed by atoms with van der Waals surface area (Å²) in [5.74, 6) is -0.367. The van der Waals surface area contributed by atoms with Crippen molar-refractivity contribution >= 4 is 11.9 Å². The highest BCUT2D eigenvalue weighted by atomic mass is 16.5. The Morgan fingerprint density at radius 1 is 1.40 bits per heavy atom. The Morgan fingerprint density at radius 2 is 2.15 bits per heavy atom. The van der Waals surface area contributed by atoms with Gasteiger partial charge in [-0.3, -0.25) is 9.59 Å². The van der Waals surface area contributed by atoms with Gasteiger partial charge in [-0.25, -0.2) is 0 Å². The molecule has 0 aromatic heterocycles. The summed E-state index contributed by atoms with van der Waals surface area (Å²) >= 11 is 0. The van der Waals surface area contributed by atoms with Gasteiger partial charge < -0.3 is 14.7 Å². The van der Waals surface area contributed by atoms with E-state index in [1.54, 1.807) is 4.90 Å². The molecule has 0 radical (unpaired) electrons. The lowest BCUT2D eigenvalue weighted by Gasteiger charge is -2.30. The lowest BCUT2D eigenvalue weighted by atomic mass is 9.91. The third-order valence-corrected chi connectivity index (χ3v) is 3.55. The largest absolute Gasteiger partial charge is 0.493 e. The second-order valence-corrected chi connectivity index (χ2v) is 4.79. The number of ether oxygens (including phenoxy) is 1. The van der Waals surface area contributed by atoms with Gasteiger partial charge in [0.2, 0.25) is 5.91 Å². The van der Waals surface area contributed by atoms with Crippen LogP contribution in [0, 0.1) is 0 Å². The van der Waals surface area contributed by atoms with Gasteiger partial charge in [-0.15, -0.1) is 0 Å². The van der Waals surface area contributed by atoms with Crippen LogP contribution in [0.25, 0.3) is 0 Å². The number of carbonyl (C=O) groups excluding carboxylic acids is 1. The van der Waals surface area contributed by atoms with E-state index in [-0.39, 0.29) is 24.8 Å². The van der Waals surface area contributed by atoms with E-state index in [1.165, 1.54) is 0 Å². The number of hydrogen-bond acceptors (Lipinski definition) is 3. The number of carboxylic acid groups (broad SMARTS) is 1. The molecule has 0 saturated carbocycles. The number of carboxylic acids is 1. The summed E-state index contributed by atoms with van der Waals surface area (Å²) in [4.78, 5) is 24.9. The van der Waals surface area contributed by atoms with Crippen LogP contribution in [0.4, 0.5) is 0 Å². The third-order valence-electron chi connectivity index (χ3n) is 3.55. The first kappa shape index (κ1) is 14.4. The molecule has 0 aliphatic carbocycles. The molecule has 1 aromatic rings. The number of para-hydroxylation sites is 1. The van der Waals surface area contributed by atoms with Crippen LogP contribution in [-0.2, 0) is 9.59 Å². The minimum atomic E-state index is -0.886. The van der Waals surface area contributed by atoms with Crippen molar-refractivity contribution in [1.29, 1.82) is 0 Å². The first-order valence-corrected chi connectivity index (χ1v) is 6.85. The Labute approximate surface area is 118 Å². The molecule has 108 valence electrons. The van der Waals surface area contributed by atoms with E-state index in [9.17, 15) is 9.59 Å². The fraction of sp³-hybridized carbons (Fsp3) is 0.467. The summed E-state index contributed by atoms with van der Waals surface area (Å²) in [7, 11) is 0. The molecule has 1 amide bonds. The van der Waals surface area contributed by atoms with E-state index >= 15 is 0 Å². The summed E-state index contributed by atoms with van der Waals surface area (Å²) in [6, 6.07) is 7.54. The minimum absolute atomic E-state index is 0.00972. The van der Waals surface area contributed by atoms with Gasteiger partial charge in [0.05, 0.1) is 18.9 Å². The maximum absolute atomic E-state index is 12.6. The summed E-state index contributed by atoms with van der Waals surface area (Å²) in [5.41, 5.74) is 0.900. The van der Waals surface area contributed by atoms with Gasteiger partial charge in [0, 0.05) is 18.7 Å². The number of benzene rings is 1. The van der Waals surface area contributed by atoms with Gasteiger partial charge in [0.25, 0.3) is 0 Å². The number of aliphatic carboxylic acids is 1. The van der Waals surface area contributed by atoms with Crippen molar-refractivity contribution in [3.8, 4) is 5.75 Å². The molecule has 5 nitrogen and oxygen atoms in total. The standard InChI is InChI=1S/C15H19NO4/c1-2-16(9-7-14(17)18)15(19)12-8-10-20-13-6-4-3-5-11(12)13/h3-6,12H,2,7-10H2,1H3,(H,17,18). The van der Waals surface area contributed by atoms with Crippen LogP contribution >= 0.6 is 0 Å². The van der Waals surface area contributed by atoms with Crippen molar-refractivity contribution in [1.82, 2.24) is 4.90 Å². The number of likely N-dealkylation sites (N-methyl/N-ethyl adjacent to an activating group) is 1. The predicted molar refractivity (Wildman–Crippen MR) is 73.8 cm³/mol. The number of amides is 1. The Morgan fingerprint density at radius 3 is 2.85 bits per heavy atom. The summed E-state index contributed by atoms with van der Waals surface area (Å²) in [6.07, 6.45) is 0.615. The van der Waals surface area contributed by atoms with E-state index in [2.05, 4.69) is 0 Å². The van der Waals surface area contributed by atoms with E-state index in [0.717, 1.165) is 11.3 Å². The summed E-state index contributed by atoms with van der Waals surface area (Å²) < 4.78 is 5.55. The van der Waals surface area contributed by atoms with Crippen LogP contribution in [-0.4, -0.2) is 41.6 Å². The Bertz CT molecular complexity index is 500. The lowest BCUT2D eigenvalue weighted by Crippen LogP contribution is -2.38. The van der Waals surface area contributed by atoms with Gasteiger partial charge in [0.1, 0.15) is 5.75 Å². The highest BCUT2D eigenvalue weighted by Crippen LogP contribution is 2.34. The fourth-order valence-electron chi connectivity index (χ4n) is 2.47. The normalized spacial score (nSPS) is 16.9. The van der Waals surface area contributed by atoms with Crippen molar-refractivity contribution in [3.63, 3.8) is 0 Å². The number of carbonyl (C=O) groups is 2. The lowest BCUT2D eigenvalue weighted by molar-refractivity contribution is -0.139. The number of fused-ring (bicyclic) bond motifs is 1. The molecule has 5 heteroatoms. The van der Waals surface area contributed by atoms with Crippen LogP contribution < -0.4 is 4.74 Å². The Hall–Kier alpha value is -2.04. The molecule has 1 aliphatic rings. The van der Waals surface area contributed by atoms with Gasteiger partial charge in [-0.1, -0.05) is 18.2 Å². The van der Waals surface area contributed by atoms with Crippen LogP contribution in [0.1, 0.15) is 31.2 Å². The molecule has 1 unspecified atom stereocenters. The SMILES string of the molecule is CCN(CCC(=O)O)C(=O)C1CCOc2ccccc21. The topological polar surface area (TPSA) is 66.8 Å². The maximum atomic E-state index is 12.6. The van der Waals surface area contributed by atoms with Crippen molar-refractivity contribution in [3.05, 3.63) is 29.8 Å². The second kappa shape index (κ2) is 6.41. The average Bonchev–Trinajstić information content (AvgIpc) is 2.46. The van der Waals surface area contributed by atoms with Crippen LogP contribution in [0.5, 0.6) is 5.75 Å². The minimum Gasteiger partial charge on any atom is -0.493 e. The summed E-state index contributed by atoms with van der Waals surface area (Å²) in [5, 5.41) is 8.75. The quantitative estimate of drug-likeness (QED) is 0.892. The smallest absolute Gasteiger partial charge is 0.305 e. The van der Waals surface area contributed by atoms with Gasteiger partial charge in [0.15, 0.2) is 0 Å². The molecule has 1 N–H and O–H groups in total. The molecule has 0 bridgehead atoms. The van der Waals surface area contributed by atoms with Crippen molar-refractivity contribution in [2.75, 3.05) is 19.7 Å². The van der Waals surface area contributed by atoms with Crippen molar-refractivity contribution in [2.45, 2.75) is 25.7 Å². The zero-order chi connectivity index (χ0) is 14.5. The summed E-state index contributed by atoms with van der Waals surface area (Å²) in [6.45, 7) is 3.16. The molecular formula is C15H19NO4. The number of nitrogens with zero attached hydrogens (tertiary/aromatic N) is 1. The second-order valence-electron chi connectivity index (χ2n) is 4.79. The van der Waals surface area contributed by atoms with Crippen LogP contribution in [0.15, 0.2) is 24.3 Å². The zero-order valence-corrected chi connectivity index (χ0v) is 11.5. The van der Waals surface area contributed by atoms with Gasteiger partial charge in [-0.05, 0) is 19.4 Å². The van der Waals surface area contributed by atoms with E-state index < -0.39 is 5.97 Å². The predicted octanol–water partition coefficient (Wildman–Crippen LogP) is 1.88. The van der Waals surface area contributed by atoms with Crippen molar-refractivity contribution < 1.29 is 19.4 Å². The molecule has 20 heavy (non-hydrogen) atoms. The van der Waals surface area contributed by atoms with Crippen molar-refractivity contribution in [2.24, 2.45) is 0 Å². The van der Waals surface area contributed by atoms with E-state index in [4.69, 9.17) is 9.84 Å². The maximum Gasteiger partial charge on any atom is 0.305 e. The van der Waals surface area contributed by atoms with E-state index in [0.29, 0.717) is 19.6 Å².